The number of hydrogen-bond acceptors (Lipinski definition) is 3. The van der Waals surface area contributed by atoms with Crippen LogP contribution in [0.15, 0.2) is 48.5 Å². The Hall–Kier alpha value is -3.15. The number of benzene rings is 2. The molecule has 0 unspecified atom stereocenters. The Morgan fingerprint density at radius 3 is 2.33 bits per heavy atom. The number of nitrogens with one attached hydrogen (secondary N) is 2. The standard InChI is InChI=1S/C18H18N2O4/c1-12-7-8-14(17(23)19-10-9-16(21)22)11-15(12)20-18(24)13-5-3-2-4-6-13/h2-8,11H,9-10H2,1H3,(H,19,23)(H,20,24)(H,21,22). The van der Waals surface area contributed by atoms with Gasteiger partial charge < -0.3 is 15.7 Å². The highest BCUT2D eigenvalue weighted by atomic mass is 16.4. The lowest BCUT2D eigenvalue weighted by molar-refractivity contribution is -0.136. The predicted octanol–water partition coefficient (Wildman–Crippen LogP) is 2.45. The van der Waals surface area contributed by atoms with Gasteiger partial charge in [0.05, 0.1) is 6.42 Å². The maximum Gasteiger partial charge on any atom is 0.305 e. The van der Waals surface area contributed by atoms with Crippen LogP contribution in [0.1, 0.15) is 32.7 Å². The molecule has 0 saturated heterocycles. The molecule has 3 N–H and O–H groups in total. The van der Waals surface area contributed by atoms with Gasteiger partial charge in [-0.1, -0.05) is 24.3 Å². The molecule has 2 aromatic rings. The molecule has 0 aliphatic rings. The van der Waals surface area contributed by atoms with Crippen LogP contribution in [-0.2, 0) is 4.79 Å². The van der Waals surface area contributed by atoms with Crippen molar-refractivity contribution in [1.82, 2.24) is 5.32 Å². The van der Waals surface area contributed by atoms with Gasteiger partial charge in [0.25, 0.3) is 11.8 Å². The largest absolute Gasteiger partial charge is 0.481 e. The lowest BCUT2D eigenvalue weighted by atomic mass is 10.1. The van der Waals surface area contributed by atoms with Gasteiger partial charge in [-0.3, -0.25) is 14.4 Å². The number of amides is 2. The molecule has 0 fully saturated rings. The van der Waals surface area contributed by atoms with Gasteiger partial charge in [0, 0.05) is 23.4 Å². The third-order valence-corrected chi connectivity index (χ3v) is 3.41. The Kier molecular flexibility index (Phi) is 5.68. The highest BCUT2D eigenvalue weighted by Crippen LogP contribution is 2.18. The van der Waals surface area contributed by atoms with Gasteiger partial charge >= 0.3 is 5.97 Å². The average molecular weight is 326 g/mol. The van der Waals surface area contributed by atoms with E-state index in [1.165, 1.54) is 0 Å². The zero-order chi connectivity index (χ0) is 17.5. The number of hydrogen-bond donors (Lipinski definition) is 3. The van der Waals surface area contributed by atoms with Gasteiger partial charge in [0.15, 0.2) is 0 Å². The van der Waals surface area contributed by atoms with Crippen LogP contribution in [0.2, 0.25) is 0 Å². The second-order valence-corrected chi connectivity index (χ2v) is 5.25. The first-order valence-electron chi connectivity index (χ1n) is 7.44. The number of carbonyl (C=O) groups excluding carboxylic acids is 2. The number of aryl methyl sites for hydroxylation is 1. The molecule has 6 nitrogen and oxygen atoms in total. The molecule has 24 heavy (non-hydrogen) atoms. The lowest BCUT2D eigenvalue weighted by Gasteiger charge is -2.11. The smallest absolute Gasteiger partial charge is 0.305 e. The van der Waals surface area contributed by atoms with Crippen molar-refractivity contribution in [1.29, 1.82) is 0 Å². The molecule has 124 valence electrons. The zero-order valence-corrected chi connectivity index (χ0v) is 13.2. The molecular weight excluding hydrogens is 308 g/mol. The van der Waals surface area contributed by atoms with Gasteiger partial charge in [-0.25, -0.2) is 0 Å². The van der Waals surface area contributed by atoms with Crippen molar-refractivity contribution < 1.29 is 19.5 Å². The summed E-state index contributed by atoms with van der Waals surface area (Å²) in [6.45, 7) is 1.88. The van der Waals surface area contributed by atoms with Gasteiger partial charge in [-0.15, -0.1) is 0 Å². The maximum absolute atomic E-state index is 12.2. The van der Waals surface area contributed by atoms with Gasteiger partial charge in [-0.05, 0) is 36.8 Å². The van der Waals surface area contributed by atoms with E-state index in [1.54, 1.807) is 42.5 Å². The van der Waals surface area contributed by atoms with Crippen LogP contribution in [0.4, 0.5) is 5.69 Å². The quantitative estimate of drug-likeness (QED) is 0.760. The second kappa shape index (κ2) is 7.92. The Bertz CT molecular complexity index is 757. The first kappa shape index (κ1) is 17.2. The predicted molar refractivity (Wildman–Crippen MR) is 90.2 cm³/mol. The SMILES string of the molecule is Cc1ccc(C(=O)NCCC(=O)O)cc1NC(=O)c1ccccc1. The fourth-order valence-electron chi connectivity index (χ4n) is 2.07. The minimum Gasteiger partial charge on any atom is -0.481 e. The Morgan fingerprint density at radius 1 is 0.958 bits per heavy atom. The fourth-order valence-corrected chi connectivity index (χ4v) is 2.07. The van der Waals surface area contributed by atoms with E-state index in [1.807, 2.05) is 13.0 Å². The Labute approximate surface area is 139 Å². The van der Waals surface area contributed by atoms with Crippen molar-refractivity contribution >= 4 is 23.5 Å². The van der Waals surface area contributed by atoms with Gasteiger partial charge in [-0.2, -0.15) is 0 Å². The van der Waals surface area contributed by atoms with Crippen LogP contribution in [0.3, 0.4) is 0 Å². The number of rotatable bonds is 6. The molecule has 0 aromatic heterocycles. The van der Waals surface area contributed by atoms with E-state index < -0.39 is 5.97 Å². The minimum atomic E-state index is -0.977. The monoisotopic (exact) mass is 326 g/mol. The first-order valence-corrected chi connectivity index (χ1v) is 7.44. The molecule has 0 radical (unpaired) electrons. The highest BCUT2D eigenvalue weighted by molar-refractivity contribution is 6.05. The molecule has 2 aromatic carbocycles. The van der Waals surface area contributed by atoms with E-state index in [9.17, 15) is 14.4 Å². The topological polar surface area (TPSA) is 95.5 Å². The van der Waals surface area contributed by atoms with Gasteiger partial charge in [0.2, 0.25) is 0 Å². The van der Waals surface area contributed by atoms with Crippen molar-refractivity contribution in [3.05, 3.63) is 65.2 Å². The number of anilines is 1. The molecule has 0 bridgehead atoms. The molecule has 2 amide bonds. The van der Waals surface area contributed by atoms with Crippen LogP contribution in [-0.4, -0.2) is 29.4 Å². The number of carboxylic acid groups (broad SMARTS) is 1. The van der Waals surface area contributed by atoms with Crippen LogP contribution in [0.5, 0.6) is 0 Å². The summed E-state index contributed by atoms with van der Waals surface area (Å²) >= 11 is 0. The fraction of sp³-hybridized carbons (Fsp3) is 0.167. The van der Waals surface area contributed by atoms with Crippen molar-refractivity contribution in [2.24, 2.45) is 0 Å². The van der Waals surface area contributed by atoms with E-state index >= 15 is 0 Å². The number of carboxylic acids is 1. The van der Waals surface area contributed by atoms with Crippen LogP contribution in [0, 0.1) is 6.92 Å². The van der Waals surface area contributed by atoms with Crippen molar-refractivity contribution in [3.63, 3.8) is 0 Å². The van der Waals surface area contributed by atoms with Crippen LogP contribution >= 0.6 is 0 Å². The summed E-state index contributed by atoms with van der Waals surface area (Å²) in [5, 5.41) is 13.9. The molecule has 0 aliphatic carbocycles. The summed E-state index contributed by atoms with van der Waals surface area (Å²) < 4.78 is 0. The average Bonchev–Trinajstić information content (AvgIpc) is 2.57. The molecule has 0 saturated carbocycles. The Morgan fingerprint density at radius 2 is 1.67 bits per heavy atom. The maximum atomic E-state index is 12.2. The summed E-state index contributed by atoms with van der Waals surface area (Å²) in [6, 6.07) is 13.7. The first-order chi connectivity index (χ1) is 11.5. The molecular formula is C18H18N2O4. The summed E-state index contributed by atoms with van der Waals surface area (Å²) in [6.07, 6.45) is -0.144. The van der Waals surface area contributed by atoms with Crippen molar-refractivity contribution in [3.8, 4) is 0 Å². The summed E-state index contributed by atoms with van der Waals surface area (Å²) in [5.74, 6) is -1.62. The van der Waals surface area contributed by atoms with E-state index in [4.69, 9.17) is 5.11 Å². The molecule has 0 atom stereocenters. The molecule has 0 spiro atoms. The number of carbonyl (C=O) groups is 3. The van der Waals surface area contributed by atoms with Crippen molar-refractivity contribution in [2.45, 2.75) is 13.3 Å². The second-order valence-electron chi connectivity index (χ2n) is 5.25. The van der Waals surface area contributed by atoms with E-state index in [-0.39, 0.29) is 24.8 Å². The molecule has 6 heteroatoms. The third-order valence-electron chi connectivity index (χ3n) is 3.41. The molecule has 0 aliphatic heterocycles. The van der Waals surface area contributed by atoms with Crippen LogP contribution in [0.25, 0.3) is 0 Å². The lowest BCUT2D eigenvalue weighted by Crippen LogP contribution is -2.26. The van der Waals surface area contributed by atoms with Gasteiger partial charge in [0.1, 0.15) is 0 Å². The Balaban J connectivity index is 2.09. The highest BCUT2D eigenvalue weighted by Gasteiger charge is 2.11. The van der Waals surface area contributed by atoms with Crippen molar-refractivity contribution in [2.75, 3.05) is 11.9 Å². The molecule has 0 heterocycles. The van der Waals surface area contributed by atoms with E-state index in [0.29, 0.717) is 16.8 Å². The minimum absolute atomic E-state index is 0.0494. The van der Waals surface area contributed by atoms with E-state index in [2.05, 4.69) is 10.6 Å². The van der Waals surface area contributed by atoms with Crippen LogP contribution < -0.4 is 10.6 Å². The number of aliphatic carboxylic acids is 1. The third kappa shape index (κ3) is 4.67. The molecule has 2 rings (SSSR count). The normalized spacial score (nSPS) is 10.0. The summed E-state index contributed by atoms with van der Waals surface area (Å²) in [4.78, 5) is 34.7. The summed E-state index contributed by atoms with van der Waals surface area (Å²) in [7, 11) is 0. The van der Waals surface area contributed by atoms with E-state index in [0.717, 1.165) is 5.56 Å². The summed E-state index contributed by atoms with van der Waals surface area (Å²) in [5.41, 5.74) is 2.23. The zero-order valence-electron chi connectivity index (χ0n) is 13.2.